The van der Waals surface area contributed by atoms with Crippen LogP contribution >= 0.6 is 0 Å². The summed E-state index contributed by atoms with van der Waals surface area (Å²) in [6, 6.07) is 10.5. The zero-order valence-electron chi connectivity index (χ0n) is 23.9. The van der Waals surface area contributed by atoms with E-state index in [1.807, 2.05) is 32.9 Å². The molecule has 206 valence electrons. The zero-order chi connectivity index (χ0) is 27.5. The van der Waals surface area contributed by atoms with Gasteiger partial charge in [-0.1, -0.05) is 77.9 Å². The maximum Gasteiger partial charge on any atom is 0.107 e. The molecule has 3 aromatic rings. The molecule has 1 atom stereocenters. The largest absolute Gasteiger partial charge is 0.335 e. The Kier molecular flexibility index (Phi) is 11.6. The van der Waals surface area contributed by atoms with Gasteiger partial charge in [0.2, 0.25) is 0 Å². The maximum absolute atomic E-state index is 13.1. The molecule has 0 bridgehead atoms. The van der Waals surface area contributed by atoms with Crippen molar-refractivity contribution in [3.8, 4) is 23.2 Å². The average Bonchev–Trinajstić information content (AvgIpc) is 3.30. The number of pyridine rings is 1. The van der Waals surface area contributed by atoms with Gasteiger partial charge in [-0.05, 0) is 55.9 Å². The highest BCUT2D eigenvalue weighted by Crippen LogP contribution is 2.40. The highest BCUT2D eigenvalue weighted by molar-refractivity contribution is 5.95. The van der Waals surface area contributed by atoms with E-state index in [9.17, 15) is 9.60 Å². The Labute approximate surface area is 228 Å². The number of nitrogens with one attached hydrogen (secondary N) is 1. The Hall–Kier alpha value is -2.88. The van der Waals surface area contributed by atoms with Gasteiger partial charge >= 0.3 is 0 Å². The summed E-state index contributed by atoms with van der Waals surface area (Å²) in [4.78, 5) is 4.79. The van der Waals surface area contributed by atoms with Crippen LogP contribution in [0.1, 0.15) is 103 Å². The van der Waals surface area contributed by atoms with Gasteiger partial charge < -0.3 is 4.57 Å². The van der Waals surface area contributed by atoms with Crippen LogP contribution in [0, 0.1) is 11.8 Å². The molecular weight excluding hydrogens is 475 g/mol. The van der Waals surface area contributed by atoms with Crippen LogP contribution in [0.3, 0.4) is 0 Å². The van der Waals surface area contributed by atoms with Gasteiger partial charge in [-0.25, -0.2) is 9.82 Å². The van der Waals surface area contributed by atoms with Crippen LogP contribution in [-0.2, 0) is 6.42 Å². The number of hydrazine groups is 1. The summed E-state index contributed by atoms with van der Waals surface area (Å²) >= 11 is 0. The fourth-order valence-electron chi connectivity index (χ4n) is 5.08. The third-order valence-electron chi connectivity index (χ3n) is 7.22. The van der Waals surface area contributed by atoms with E-state index in [0.717, 1.165) is 54.2 Å². The van der Waals surface area contributed by atoms with Crippen molar-refractivity contribution in [2.45, 2.75) is 104 Å². The number of aryl methyl sites for hydroxylation is 1. The van der Waals surface area contributed by atoms with Crippen molar-refractivity contribution in [1.29, 1.82) is 0 Å². The summed E-state index contributed by atoms with van der Waals surface area (Å²) in [7, 11) is 0. The van der Waals surface area contributed by atoms with Gasteiger partial charge in [0, 0.05) is 17.8 Å². The molecule has 1 saturated carbocycles. The number of benzene rings is 1. The van der Waals surface area contributed by atoms with E-state index in [-0.39, 0.29) is 0 Å². The molecule has 38 heavy (non-hydrogen) atoms. The molecule has 0 spiro atoms. The fraction of sp³-hybridized carbons (Fsp3) is 0.531. The van der Waals surface area contributed by atoms with Gasteiger partial charge in [0.05, 0.1) is 34.7 Å². The highest BCUT2D eigenvalue weighted by atomic mass is 19.1. The van der Waals surface area contributed by atoms with Gasteiger partial charge in [-0.15, -0.1) is 0 Å². The minimum absolute atomic E-state index is 0.414. The molecule has 2 N–H and O–H groups in total. The van der Waals surface area contributed by atoms with Crippen LogP contribution in [0.2, 0.25) is 0 Å². The summed E-state index contributed by atoms with van der Waals surface area (Å²) < 4.78 is 15.6. The predicted octanol–water partition coefficient (Wildman–Crippen LogP) is 8.40. The van der Waals surface area contributed by atoms with Gasteiger partial charge in [0.1, 0.15) is 12.4 Å². The lowest BCUT2D eigenvalue weighted by Crippen LogP contribution is -2.43. The van der Waals surface area contributed by atoms with E-state index in [1.54, 1.807) is 6.20 Å². The van der Waals surface area contributed by atoms with Crippen molar-refractivity contribution >= 4 is 16.6 Å². The molecule has 0 aliphatic heterocycles. The Morgan fingerprint density at radius 1 is 1.13 bits per heavy atom. The summed E-state index contributed by atoms with van der Waals surface area (Å²) in [5, 5.41) is 12.5. The molecule has 1 aliphatic rings. The number of hydrogen-bond donors (Lipinski definition) is 2. The Morgan fingerprint density at radius 3 is 2.50 bits per heavy atom. The van der Waals surface area contributed by atoms with E-state index in [1.165, 1.54) is 35.7 Å². The van der Waals surface area contributed by atoms with E-state index >= 15 is 0 Å². The number of nitrogens with zero attached hydrogens (tertiary/aromatic N) is 3. The standard InChI is InChI=1S/C30H39FN4O.C2H6/c1-4-7-9-14-27-26-17-15-22(5-2)19-29(26)34(24-12-10-8-11-13-24)30(27)28-18-16-25(21-32-28)35(36)33-23(6-3)20-31;1-2/h15-19,21,23-24,33,36H,4-8,10-13,20H2,1-3H3;1-2H3. The second kappa shape index (κ2) is 14.9. The molecule has 2 heterocycles. The van der Waals surface area contributed by atoms with Crippen LogP contribution in [-0.4, -0.2) is 27.5 Å². The molecule has 0 amide bonds. The summed E-state index contributed by atoms with van der Waals surface area (Å²) in [5.41, 5.74) is 8.75. The molecule has 1 aromatic carbocycles. The van der Waals surface area contributed by atoms with Crippen molar-refractivity contribution in [3.63, 3.8) is 0 Å². The fourth-order valence-corrected chi connectivity index (χ4v) is 5.08. The average molecular weight is 521 g/mol. The molecule has 2 aromatic heterocycles. The second-order valence-electron chi connectivity index (χ2n) is 9.74. The molecule has 1 fully saturated rings. The number of anilines is 1. The monoisotopic (exact) mass is 520 g/mol. The number of aromatic nitrogens is 2. The number of halogens is 1. The second-order valence-corrected chi connectivity index (χ2v) is 9.74. The minimum atomic E-state index is -0.555. The molecule has 4 rings (SSSR count). The topological polar surface area (TPSA) is 53.3 Å². The minimum Gasteiger partial charge on any atom is -0.335 e. The molecule has 1 aliphatic carbocycles. The maximum atomic E-state index is 13.1. The van der Waals surface area contributed by atoms with Crippen LogP contribution in [0.4, 0.5) is 10.1 Å². The van der Waals surface area contributed by atoms with E-state index in [2.05, 4.69) is 53.9 Å². The summed E-state index contributed by atoms with van der Waals surface area (Å²) in [6.45, 7) is 9.66. The molecule has 6 heteroatoms. The first-order valence-corrected chi connectivity index (χ1v) is 14.5. The number of rotatable bonds is 9. The van der Waals surface area contributed by atoms with Crippen LogP contribution in [0.25, 0.3) is 22.3 Å². The third kappa shape index (κ3) is 6.76. The molecule has 0 saturated heterocycles. The molecular formula is C32H45FN4O. The number of unbranched alkanes of at least 4 members (excludes halogenated alkanes) is 1. The first kappa shape index (κ1) is 29.7. The number of alkyl halides is 1. The normalized spacial score (nSPS) is 14.4. The van der Waals surface area contributed by atoms with E-state index < -0.39 is 12.7 Å². The van der Waals surface area contributed by atoms with Gasteiger partial charge in [0.15, 0.2) is 0 Å². The lowest BCUT2D eigenvalue weighted by Gasteiger charge is -2.27. The quantitative estimate of drug-likeness (QED) is 0.220. The van der Waals surface area contributed by atoms with Crippen molar-refractivity contribution in [2.24, 2.45) is 0 Å². The van der Waals surface area contributed by atoms with Gasteiger partial charge in [0.25, 0.3) is 0 Å². The molecule has 0 radical (unpaired) electrons. The van der Waals surface area contributed by atoms with Crippen LogP contribution < -0.4 is 10.6 Å². The van der Waals surface area contributed by atoms with E-state index in [4.69, 9.17) is 4.98 Å². The van der Waals surface area contributed by atoms with Crippen molar-refractivity contribution in [1.82, 2.24) is 15.0 Å². The lowest BCUT2D eigenvalue weighted by atomic mass is 9.94. The Morgan fingerprint density at radius 2 is 1.89 bits per heavy atom. The van der Waals surface area contributed by atoms with E-state index in [0.29, 0.717) is 18.2 Å². The van der Waals surface area contributed by atoms with Crippen molar-refractivity contribution < 1.29 is 9.60 Å². The first-order chi connectivity index (χ1) is 18.6. The Balaban J connectivity index is 0.00000195. The van der Waals surface area contributed by atoms with Crippen molar-refractivity contribution in [2.75, 3.05) is 11.8 Å². The zero-order valence-corrected chi connectivity index (χ0v) is 23.9. The molecule has 5 nitrogen and oxygen atoms in total. The van der Waals surface area contributed by atoms with Gasteiger partial charge in [-0.2, -0.15) is 5.17 Å². The molecule has 1 unspecified atom stereocenters. The SMILES string of the molecule is CC.CCCC#Cc1c(-c2ccc(N(O)NC(CC)CF)cn2)n(C2CCCCC2)c2cc(CC)ccc12. The number of fused-ring (bicyclic) bond motifs is 1. The summed E-state index contributed by atoms with van der Waals surface area (Å²) in [6.07, 6.45) is 11.1. The Bertz CT molecular complexity index is 1200. The predicted molar refractivity (Wildman–Crippen MR) is 157 cm³/mol. The lowest BCUT2D eigenvalue weighted by molar-refractivity contribution is 0.180. The first-order valence-electron chi connectivity index (χ1n) is 14.5. The highest BCUT2D eigenvalue weighted by Gasteiger charge is 2.26. The van der Waals surface area contributed by atoms with Gasteiger partial charge in [-0.3, -0.25) is 10.2 Å². The third-order valence-corrected chi connectivity index (χ3v) is 7.22. The summed E-state index contributed by atoms with van der Waals surface area (Å²) in [5.74, 6) is 6.88. The van der Waals surface area contributed by atoms with Crippen molar-refractivity contribution in [3.05, 3.63) is 47.7 Å². The number of hydrogen-bond acceptors (Lipinski definition) is 4. The van der Waals surface area contributed by atoms with Crippen LogP contribution in [0.15, 0.2) is 36.5 Å². The van der Waals surface area contributed by atoms with Crippen LogP contribution in [0.5, 0.6) is 0 Å². The smallest absolute Gasteiger partial charge is 0.107 e.